The number of sulfonamides is 2. The van der Waals surface area contributed by atoms with E-state index in [1.54, 1.807) is 13.8 Å². The first-order valence-electron chi connectivity index (χ1n) is 10.1. The molecule has 0 amide bonds. The smallest absolute Gasteiger partial charge is 0.262 e. The minimum Gasteiger partial charge on any atom is -0.280 e. The van der Waals surface area contributed by atoms with Crippen LogP contribution in [0.2, 0.25) is 0 Å². The van der Waals surface area contributed by atoms with E-state index in [0.717, 1.165) is 22.3 Å². The maximum absolute atomic E-state index is 12.9. The summed E-state index contributed by atoms with van der Waals surface area (Å²) in [6.07, 6.45) is 0. The highest BCUT2D eigenvalue weighted by Crippen LogP contribution is 2.27. The van der Waals surface area contributed by atoms with E-state index in [1.807, 2.05) is 52.0 Å². The van der Waals surface area contributed by atoms with Gasteiger partial charge in [0.25, 0.3) is 20.0 Å². The van der Waals surface area contributed by atoms with Gasteiger partial charge in [-0.3, -0.25) is 9.44 Å². The fourth-order valence-electron chi connectivity index (χ4n) is 4.03. The molecule has 3 aromatic rings. The molecule has 6 nitrogen and oxygen atoms in total. The van der Waals surface area contributed by atoms with Gasteiger partial charge in [-0.2, -0.15) is 0 Å². The average molecular weight is 473 g/mol. The van der Waals surface area contributed by atoms with Gasteiger partial charge in [0.05, 0.1) is 15.5 Å². The summed E-state index contributed by atoms with van der Waals surface area (Å²) in [5.74, 6) is 0. The summed E-state index contributed by atoms with van der Waals surface area (Å²) in [6, 6.07) is 13.1. The van der Waals surface area contributed by atoms with Crippen LogP contribution in [0.1, 0.15) is 33.4 Å². The van der Waals surface area contributed by atoms with Crippen molar-refractivity contribution in [3.8, 4) is 0 Å². The summed E-state index contributed by atoms with van der Waals surface area (Å²) in [4.78, 5) is 0.273. The van der Waals surface area contributed by atoms with Crippen molar-refractivity contribution in [3.63, 3.8) is 0 Å². The Morgan fingerprint density at radius 3 is 1.47 bits per heavy atom. The SMILES string of the molecule is Cc1cc(C)c(NS(=O)(=O)c2ccc(NS(=O)(=O)c3c(C)cc(C)cc3C)cc2)c(C)c1. The molecular formula is C24H28N2O4S2. The molecule has 2 N–H and O–H groups in total. The monoisotopic (exact) mass is 472 g/mol. The number of anilines is 2. The maximum atomic E-state index is 12.9. The molecule has 0 bridgehead atoms. The first-order chi connectivity index (χ1) is 14.8. The normalized spacial score (nSPS) is 11.9. The van der Waals surface area contributed by atoms with Crippen LogP contribution in [0.5, 0.6) is 0 Å². The Bertz CT molecular complexity index is 1350. The molecule has 3 rings (SSSR count). The van der Waals surface area contributed by atoms with Crippen molar-refractivity contribution in [3.05, 3.63) is 81.9 Å². The zero-order valence-electron chi connectivity index (χ0n) is 19.1. The summed E-state index contributed by atoms with van der Waals surface area (Å²) in [7, 11) is -7.65. The van der Waals surface area contributed by atoms with Crippen molar-refractivity contribution < 1.29 is 16.8 Å². The third-order valence-electron chi connectivity index (χ3n) is 5.20. The molecular weight excluding hydrogens is 444 g/mol. The molecule has 0 saturated carbocycles. The van der Waals surface area contributed by atoms with Crippen LogP contribution in [0.4, 0.5) is 11.4 Å². The van der Waals surface area contributed by atoms with Crippen LogP contribution in [-0.4, -0.2) is 16.8 Å². The van der Waals surface area contributed by atoms with Crippen molar-refractivity contribution in [2.24, 2.45) is 0 Å². The second-order valence-electron chi connectivity index (χ2n) is 8.24. The molecule has 0 unspecified atom stereocenters. The maximum Gasteiger partial charge on any atom is 0.262 e. The first kappa shape index (κ1) is 23.8. The zero-order chi connectivity index (χ0) is 23.8. The lowest BCUT2D eigenvalue weighted by Crippen LogP contribution is -2.17. The second-order valence-corrected chi connectivity index (χ2v) is 11.5. The van der Waals surface area contributed by atoms with Crippen LogP contribution in [-0.2, 0) is 20.0 Å². The lowest BCUT2D eigenvalue weighted by atomic mass is 10.1. The Kier molecular flexibility index (Phi) is 6.40. The molecule has 0 radical (unpaired) electrons. The van der Waals surface area contributed by atoms with Crippen molar-refractivity contribution in [2.75, 3.05) is 9.44 Å². The lowest BCUT2D eigenvalue weighted by Gasteiger charge is -2.15. The standard InChI is InChI=1S/C24H28N2O4S2/c1-15-11-17(3)23(18(4)12-15)26-31(27,28)22-9-7-21(8-10-22)25-32(29,30)24-19(5)13-16(2)14-20(24)6/h7-14,25-26H,1-6H3. The highest BCUT2D eigenvalue weighted by Gasteiger charge is 2.21. The van der Waals surface area contributed by atoms with E-state index < -0.39 is 20.0 Å². The van der Waals surface area contributed by atoms with E-state index in [-0.39, 0.29) is 15.5 Å². The number of aryl methyl sites for hydroxylation is 6. The molecule has 0 heterocycles. The zero-order valence-corrected chi connectivity index (χ0v) is 20.7. The van der Waals surface area contributed by atoms with E-state index >= 15 is 0 Å². The first-order valence-corrected chi connectivity index (χ1v) is 13.1. The number of hydrogen-bond acceptors (Lipinski definition) is 4. The molecule has 0 atom stereocenters. The van der Waals surface area contributed by atoms with Gasteiger partial charge >= 0.3 is 0 Å². The Morgan fingerprint density at radius 1 is 0.562 bits per heavy atom. The summed E-state index contributed by atoms with van der Waals surface area (Å²) in [5, 5.41) is 0. The van der Waals surface area contributed by atoms with Crippen LogP contribution >= 0.6 is 0 Å². The van der Waals surface area contributed by atoms with Gasteiger partial charge in [0.1, 0.15) is 0 Å². The van der Waals surface area contributed by atoms with Gasteiger partial charge < -0.3 is 0 Å². The molecule has 0 aromatic heterocycles. The third kappa shape index (κ3) is 4.97. The number of hydrogen-bond donors (Lipinski definition) is 2. The van der Waals surface area contributed by atoms with Gasteiger partial charge in [0.2, 0.25) is 0 Å². The van der Waals surface area contributed by atoms with Crippen LogP contribution in [0.3, 0.4) is 0 Å². The summed E-state index contributed by atoms with van der Waals surface area (Å²) >= 11 is 0. The number of rotatable bonds is 6. The van der Waals surface area contributed by atoms with E-state index in [9.17, 15) is 16.8 Å². The quantitative estimate of drug-likeness (QED) is 0.520. The van der Waals surface area contributed by atoms with E-state index in [1.165, 1.54) is 24.3 Å². The fourth-order valence-corrected chi connectivity index (χ4v) is 6.75. The molecule has 0 spiro atoms. The van der Waals surface area contributed by atoms with E-state index in [2.05, 4.69) is 9.44 Å². The fraction of sp³-hybridized carbons (Fsp3) is 0.250. The Morgan fingerprint density at radius 2 is 1.00 bits per heavy atom. The molecule has 0 aliphatic carbocycles. The largest absolute Gasteiger partial charge is 0.280 e. The Hall–Kier alpha value is -2.84. The van der Waals surface area contributed by atoms with Crippen LogP contribution < -0.4 is 9.44 Å². The highest BCUT2D eigenvalue weighted by molar-refractivity contribution is 7.93. The molecule has 3 aromatic carbocycles. The highest BCUT2D eigenvalue weighted by atomic mass is 32.2. The van der Waals surface area contributed by atoms with Crippen LogP contribution in [0.15, 0.2) is 58.3 Å². The molecule has 170 valence electrons. The lowest BCUT2D eigenvalue weighted by molar-refractivity contribution is 0.599. The van der Waals surface area contributed by atoms with Crippen LogP contribution in [0, 0.1) is 41.5 Å². The number of nitrogens with one attached hydrogen (secondary N) is 2. The number of benzene rings is 3. The molecule has 0 fully saturated rings. The topological polar surface area (TPSA) is 92.3 Å². The Labute approximate surface area is 190 Å². The molecule has 0 aliphatic heterocycles. The minimum absolute atomic E-state index is 0.0440. The summed E-state index contributed by atoms with van der Waals surface area (Å²) in [5.41, 5.74) is 5.85. The van der Waals surface area contributed by atoms with Crippen molar-refractivity contribution in [1.82, 2.24) is 0 Å². The van der Waals surface area contributed by atoms with Gasteiger partial charge in [-0.15, -0.1) is 0 Å². The molecule has 0 aliphatic rings. The van der Waals surface area contributed by atoms with Gasteiger partial charge in [0.15, 0.2) is 0 Å². The third-order valence-corrected chi connectivity index (χ3v) is 8.26. The van der Waals surface area contributed by atoms with Crippen LogP contribution in [0.25, 0.3) is 0 Å². The minimum atomic E-state index is -3.83. The summed E-state index contributed by atoms with van der Waals surface area (Å²) in [6.45, 7) is 11.1. The van der Waals surface area contributed by atoms with Gasteiger partial charge in [-0.25, -0.2) is 16.8 Å². The van der Waals surface area contributed by atoms with E-state index in [0.29, 0.717) is 16.8 Å². The predicted octanol–water partition coefficient (Wildman–Crippen LogP) is 5.14. The van der Waals surface area contributed by atoms with Gasteiger partial charge in [-0.05, 0) is 88.1 Å². The molecule has 8 heteroatoms. The van der Waals surface area contributed by atoms with Gasteiger partial charge in [-0.1, -0.05) is 35.4 Å². The van der Waals surface area contributed by atoms with Crippen molar-refractivity contribution >= 4 is 31.4 Å². The van der Waals surface area contributed by atoms with E-state index in [4.69, 9.17) is 0 Å². The second kappa shape index (κ2) is 8.60. The molecule has 32 heavy (non-hydrogen) atoms. The Balaban J connectivity index is 1.87. The van der Waals surface area contributed by atoms with Gasteiger partial charge in [0, 0.05) is 5.69 Å². The molecule has 0 saturated heterocycles. The summed E-state index contributed by atoms with van der Waals surface area (Å²) < 4.78 is 56.8. The average Bonchev–Trinajstić information content (AvgIpc) is 2.63. The van der Waals surface area contributed by atoms with Crippen molar-refractivity contribution in [2.45, 2.75) is 51.3 Å². The van der Waals surface area contributed by atoms with Crippen molar-refractivity contribution in [1.29, 1.82) is 0 Å². The predicted molar refractivity (Wildman–Crippen MR) is 129 cm³/mol.